The lowest BCUT2D eigenvalue weighted by Gasteiger charge is -2.30. The highest BCUT2D eigenvalue weighted by atomic mass is 35.5. The average molecular weight is 490 g/mol. The minimum atomic E-state index is -1.05. The summed E-state index contributed by atoms with van der Waals surface area (Å²) in [7, 11) is 0. The minimum absolute atomic E-state index is 0.111. The summed E-state index contributed by atoms with van der Waals surface area (Å²) < 4.78 is 5.55. The molecule has 0 bridgehead atoms. The van der Waals surface area contributed by atoms with Crippen LogP contribution in [0.25, 0.3) is 0 Å². The van der Waals surface area contributed by atoms with Gasteiger partial charge in [0.15, 0.2) is 6.61 Å². The van der Waals surface area contributed by atoms with Gasteiger partial charge < -0.3 is 15.0 Å². The second-order valence-corrected chi connectivity index (χ2v) is 8.64. The van der Waals surface area contributed by atoms with Gasteiger partial charge in [0.05, 0.1) is 23.4 Å². The molecule has 0 radical (unpaired) electrons. The maximum absolute atomic E-state index is 13.0. The van der Waals surface area contributed by atoms with Crippen LogP contribution in [0.4, 0.5) is 11.4 Å². The maximum Gasteiger partial charge on any atom is 0.265 e. The molecule has 3 aromatic rings. The van der Waals surface area contributed by atoms with E-state index in [-0.39, 0.29) is 30.2 Å². The molecule has 2 heterocycles. The van der Waals surface area contributed by atoms with Gasteiger partial charge in [-0.25, -0.2) is 0 Å². The van der Waals surface area contributed by atoms with Gasteiger partial charge in [-0.15, -0.1) is 0 Å². The number of imide groups is 1. The molecule has 35 heavy (non-hydrogen) atoms. The summed E-state index contributed by atoms with van der Waals surface area (Å²) in [5.74, 6) is -1.32. The van der Waals surface area contributed by atoms with Crippen LogP contribution in [-0.2, 0) is 16.1 Å². The predicted molar refractivity (Wildman–Crippen MR) is 130 cm³/mol. The first-order chi connectivity index (χ1) is 16.8. The van der Waals surface area contributed by atoms with Crippen molar-refractivity contribution in [2.75, 3.05) is 16.8 Å². The lowest BCUT2D eigenvalue weighted by atomic mass is 10.1. The highest BCUT2D eigenvalue weighted by Gasteiger charge is 2.40. The van der Waals surface area contributed by atoms with E-state index in [1.54, 1.807) is 53.4 Å². The highest BCUT2D eigenvalue weighted by molar-refractivity contribution is 6.31. The highest BCUT2D eigenvalue weighted by Crippen LogP contribution is 2.36. The van der Waals surface area contributed by atoms with Crippen molar-refractivity contribution in [1.29, 1.82) is 0 Å². The number of hydrogen-bond acceptors (Lipinski definition) is 5. The number of amides is 4. The Hall–Kier alpha value is -4.17. The Kier molecular flexibility index (Phi) is 5.74. The topological polar surface area (TPSA) is 96.0 Å². The number of carbonyl (C=O) groups excluding carboxylic acids is 4. The monoisotopic (exact) mass is 489 g/mol. The Labute approximate surface area is 206 Å². The normalized spacial score (nSPS) is 15.4. The Morgan fingerprint density at radius 2 is 1.66 bits per heavy atom. The van der Waals surface area contributed by atoms with Gasteiger partial charge in [0.1, 0.15) is 11.8 Å². The lowest BCUT2D eigenvalue weighted by molar-refractivity contribution is -0.121. The van der Waals surface area contributed by atoms with Crippen molar-refractivity contribution in [1.82, 2.24) is 4.90 Å². The number of halogens is 1. The first-order valence-corrected chi connectivity index (χ1v) is 11.3. The van der Waals surface area contributed by atoms with E-state index in [0.717, 1.165) is 10.5 Å². The molecule has 0 fully saturated rings. The summed E-state index contributed by atoms with van der Waals surface area (Å²) in [5.41, 5.74) is 2.18. The summed E-state index contributed by atoms with van der Waals surface area (Å²) in [6.07, 6.45) is 0. The van der Waals surface area contributed by atoms with E-state index in [9.17, 15) is 19.2 Å². The zero-order chi connectivity index (χ0) is 24.7. The number of hydrogen-bond donors (Lipinski definition) is 1. The first kappa shape index (κ1) is 22.6. The second kappa shape index (κ2) is 8.88. The molecular formula is C26H20ClN3O5. The Morgan fingerprint density at radius 3 is 2.34 bits per heavy atom. The van der Waals surface area contributed by atoms with Gasteiger partial charge in [0, 0.05) is 10.7 Å². The van der Waals surface area contributed by atoms with Crippen LogP contribution in [0.5, 0.6) is 5.75 Å². The summed E-state index contributed by atoms with van der Waals surface area (Å²) in [6.45, 7) is 1.61. The Bertz CT molecular complexity index is 1350. The minimum Gasteiger partial charge on any atom is -0.482 e. The van der Waals surface area contributed by atoms with E-state index in [0.29, 0.717) is 22.1 Å². The van der Waals surface area contributed by atoms with Gasteiger partial charge in [-0.3, -0.25) is 24.1 Å². The molecule has 0 aromatic heterocycles. The van der Waals surface area contributed by atoms with E-state index >= 15 is 0 Å². The van der Waals surface area contributed by atoms with Gasteiger partial charge in [-0.2, -0.15) is 0 Å². The zero-order valence-corrected chi connectivity index (χ0v) is 19.4. The molecule has 9 heteroatoms. The molecule has 5 rings (SSSR count). The van der Waals surface area contributed by atoms with Crippen LogP contribution in [0.3, 0.4) is 0 Å². The molecule has 0 spiro atoms. The van der Waals surface area contributed by atoms with Crippen LogP contribution < -0.4 is 15.0 Å². The molecule has 3 aromatic carbocycles. The smallest absolute Gasteiger partial charge is 0.265 e. The van der Waals surface area contributed by atoms with Crippen LogP contribution >= 0.6 is 11.6 Å². The van der Waals surface area contributed by atoms with Crippen molar-refractivity contribution in [2.45, 2.75) is 19.5 Å². The second-order valence-electron chi connectivity index (χ2n) is 8.23. The van der Waals surface area contributed by atoms with E-state index in [2.05, 4.69) is 5.32 Å². The van der Waals surface area contributed by atoms with Crippen LogP contribution in [0, 0.1) is 0 Å². The molecule has 8 nitrogen and oxygen atoms in total. The van der Waals surface area contributed by atoms with E-state index < -0.39 is 23.8 Å². The summed E-state index contributed by atoms with van der Waals surface area (Å²) in [5, 5.41) is 3.28. The Balaban J connectivity index is 1.37. The molecule has 1 atom stereocenters. The number of rotatable bonds is 5. The van der Waals surface area contributed by atoms with Gasteiger partial charge in [-0.1, -0.05) is 41.9 Å². The van der Waals surface area contributed by atoms with Crippen molar-refractivity contribution < 1.29 is 23.9 Å². The van der Waals surface area contributed by atoms with Gasteiger partial charge in [-0.05, 0) is 48.9 Å². The molecule has 2 aliphatic heterocycles. The van der Waals surface area contributed by atoms with E-state index in [1.165, 1.54) is 6.92 Å². The first-order valence-electron chi connectivity index (χ1n) is 10.9. The van der Waals surface area contributed by atoms with Crippen molar-refractivity contribution in [3.63, 3.8) is 0 Å². The van der Waals surface area contributed by atoms with Crippen LogP contribution in [0.1, 0.15) is 33.2 Å². The number of fused-ring (bicyclic) bond motifs is 2. The maximum atomic E-state index is 13.0. The third-order valence-electron chi connectivity index (χ3n) is 6.05. The quantitative estimate of drug-likeness (QED) is 0.548. The van der Waals surface area contributed by atoms with Crippen LogP contribution in [-0.4, -0.2) is 41.2 Å². The molecule has 1 unspecified atom stereocenters. The summed E-state index contributed by atoms with van der Waals surface area (Å²) in [6, 6.07) is 17.6. The molecule has 2 aliphatic rings. The molecule has 0 aliphatic carbocycles. The third-order valence-corrected chi connectivity index (χ3v) is 6.42. The fourth-order valence-electron chi connectivity index (χ4n) is 4.17. The molecule has 4 amide bonds. The standard InChI is InChI=1S/C26H20ClN3O5/c1-15(30-25(33)18-7-3-4-8-19(18)26(30)34)24(32)28-17-10-11-22-21(12-17)29(23(31)14-35-22)13-16-6-2-5-9-20(16)27/h2-12,15H,13-14H2,1H3,(H,28,32). The lowest BCUT2D eigenvalue weighted by Crippen LogP contribution is -2.45. The van der Waals surface area contributed by atoms with Crippen LogP contribution in [0.2, 0.25) is 5.02 Å². The molecule has 0 saturated carbocycles. The predicted octanol–water partition coefficient (Wildman–Crippen LogP) is 3.89. The van der Waals surface area contributed by atoms with Gasteiger partial charge in [0.2, 0.25) is 5.91 Å². The number of nitrogens with one attached hydrogen (secondary N) is 1. The fourth-order valence-corrected chi connectivity index (χ4v) is 4.37. The van der Waals surface area contributed by atoms with Gasteiger partial charge >= 0.3 is 0 Å². The molecule has 176 valence electrons. The summed E-state index contributed by atoms with van der Waals surface area (Å²) in [4.78, 5) is 53.6. The van der Waals surface area contributed by atoms with Crippen molar-refractivity contribution in [3.8, 4) is 5.75 Å². The number of benzene rings is 3. The average Bonchev–Trinajstić information content (AvgIpc) is 3.11. The molecule has 1 N–H and O–H groups in total. The zero-order valence-electron chi connectivity index (χ0n) is 18.7. The third kappa shape index (κ3) is 4.02. The van der Waals surface area contributed by atoms with Crippen molar-refractivity contribution in [3.05, 3.63) is 88.4 Å². The SMILES string of the molecule is CC(C(=O)Nc1ccc2c(c1)N(Cc1ccccc1Cl)C(=O)CO2)N1C(=O)c2ccccc2C1=O. The molecule has 0 saturated heterocycles. The van der Waals surface area contributed by atoms with E-state index in [1.807, 2.05) is 18.2 Å². The number of carbonyl (C=O) groups is 4. The number of ether oxygens (including phenoxy) is 1. The summed E-state index contributed by atoms with van der Waals surface area (Å²) >= 11 is 6.29. The number of nitrogens with zero attached hydrogens (tertiary/aromatic N) is 2. The molecular weight excluding hydrogens is 470 g/mol. The fraction of sp³-hybridized carbons (Fsp3) is 0.154. The van der Waals surface area contributed by atoms with Crippen molar-refractivity contribution >= 4 is 46.6 Å². The number of anilines is 2. The Morgan fingerprint density at radius 1 is 1.00 bits per heavy atom. The largest absolute Gasteiger partial charge is 0.482 e. The van der Waals surface area contributed by atoms with Crippen LogP contribution in [0.15, 0.2) is 66.7 Å². The van der Waals surface area contributed by atoms with Crippen molar-refractivity contribution in [2.24, 2.45) is 0 Å². The van der Waals surface area contributed by atoms with E-state index in [4.69, 9.17) is 16.3 Å². The van der Waals surface area contributed by atoms with Gasteiger partial charge in [0.25, 0.3) is 17.7 Å².